The topological polar surface area (TPSA) is 35.5 Å². The molecule has 1 aromatic carbocycles. The van der Waals surface area contributed by atoms with Crippen molar-refractivity contribution in [1.82, 2.24) is 0 Å². The third kappa shape index (κ3) is 2.63. The Morgan fingerprint density at radius 1 is 1.35 bits per heavy atom. The molecule has 17 heavy (non-hydrogen) atoms. The minimum Gasteiger partial charge on any atom is -0.292 e. The first-order valence-electron chi connectivity index (χ1n) is 5.53. The number of hydrogen-bond acceptors (Lipinski definition) is 3. The number of hydrogen-bond donors (Lipinski definition) is 0. The number of carbonyl (C=O) groups is 1. The summed E-state index contributed by atoms with van der Waals surface area (Å²) in [5.74, 6) is -0.445. The van der Waals surface area contributed by atoms with E-state index in [4.69, 9.17) is 9.78 Å². The smallest absolute Gasteiger partial charge is 0.292 e. The molecule has 0 amide bonds. The van der Waals surface area contributed by atoms with Crippen molar-refractivity contribution in [2.24, 2.45) is 0 Å². The normalized spacial score (nSPS) is 12.9. The SMILES string of the molecule is C=CCOOC(=O)c1cccc2c1CC=CC2. The maximum Gasteiger partial charge on any atom is 0.373 e. The Balaban J connectivity index is 2.16. The second kappa shape index (κ2) is 5.46. The minimum absolute atomic E-state index is 0.195. The molecular weight excluding hydrogens is 216 g/mol. The van der Waals surface area contributed by atoms with Gasteiger partial charge in [0.1, 0.15) is 6.61 Å². The Morgan fingerprint density at radius 3 is 3.00 bits per heavy atom. The summed E-state index contributed by atoms with van der Waals surface area (Å²) in [5.41, 5.74) is 2.78. The summed E-state index contributed by atoms with van der Waals surface area (Å²) in [6.07, 6.45) is 7.32. The van der Waals surface area contributed by atoms with Crippen LogP contribution in [0.5, 0.6) is 0 Å². The van der Waals surface area contributed by atoms with Gasteiger partial charge in [0.25, 0.3) is 0 Å². The molecule has 3 nitrogen and oxygen atoms in total. The summed E-state index contributed by atoms with van der Waals surface area (Å²) in [4.78, 5) is 21.2. The fourth-order valence-corrected chi connectivity index (χ4v) is 1.85. The Bertz CT molecular complexity index is 461. The van der Waals surface area contributed by atoms with Gasteiger partial charge in [-0.1, -0.05) is 30.4 Å². The molecule has 0 atom stereocenters. The summed E-state index contributed by atoms with van der Waals surface area (Å²) >= 11 is 0. The first-order chi connectivity index (χ1) is 8.33. The number of rotatable bonds is 4. The van der Waals surface area contributed by atoms with Gasteiger partial charge in [0.2, 0.25) is 0 Å². The maximum absolute atomic E-state index is 11.8. The Labute approximate surface area is 100 Å². The van der Waals surface area contributed by atoms with Crippen molar-refractivity contribution in [3.05, 3.63) is 59.7 Å². The first-order valence-corrected chi connectivity index (χ1v) is 5.53. The van der Waals surface area contributed by atoms with Gasteiger partial charge in [0, 0.05) is 0 Å². The Kier molecular flexibility index (Phi) is 3.73. The van der Waals surface area contributed by atoms with Crippen molar-refractivity contribution in [3.63, 3.8) is 0 Å². The fraction of sp³-hybridized carbons (Fsp3) is 0.214. The van der Waals surface area contributed by atoms with Crippen molar-refractivity contribution in [2.75, 3.05) is 6.61 Å². The molecule has 0 aliphatic heterocycles. The van der Waals surface area contributed by atoms with Crippen LogP contribution < -0.4 is 0 Å². The largest absolute Gasteiger partial charge is 0.373 e. The molecule has 0 N–H and O–H groups in total. The van der Waals surface area contributed by atoms with Crippen molar-refractivity contribution >= 4 is 5.97 Å². The average molecular weight is 230 g/mol. The van der Waals surface area contributed by atoms with Crippen LogP contribution in [0.15, 0.2) is 43.0 Å². The molecule has 0 unspecified atom stereocenters. The molecule has 0 aromatic heterocycles. The summed E-state index contributed by atoms with van der Waals surface area (Å²) in [7, 11) is 0. The first kappa shape index (κ1) is 11.6. The van der Waals surface area contributed by atoms with Crippen LogP contribution in [0.2, 0.25) is 0 Å². The van der Waals surface area contributed by atoms with Gasteiger partial charge in [-0.15, -0.1) is 6.58 Å². The fourth-order valence-electron chi connectivity index (χ4n) is 1.85. The van der Waals surface area contributed by atoms with E-state index in [1.807, 2.05) is 12.1 Å². The lowest BCUT2D eigenvalue weighted by molar-refractivity contribution is -0.231. The molecule has 1 aromatic rings. The molecule has 1 aliphatic rings. The maximum atomic E-state index is 11.8. The predicted molar refractivity (Wildman–Crippen MR) is 64.6 cm³/mol. The predicted octanol–water partition coefficient (Wildman–Crippen LogP) is 2.62. The lowest BCUT2D eigenvalue weighted by atomic mass is 9.92. The molecule has 0 fully saturated rings. The van der Waals surface area contributed by atoms with E-state index in [-0.39, 0.29) is 6.61 Å². The zero-order valence-electron chi connectivity index (χ0n) is 9.52. The van der Waals surface area contributed by atoms with Crippen molar-refractivity contribution in [3.8, 4) is 0 Å². The minimum atomic E-state index is -0.445. The highest BCUT2D eigenvalue weighted by atomic mass is 17.2. The number of allylic oxidation sites excluding steroid dienone is 2. The number of benzene rings is 1. The van der Waals surface area contributed by atoms with Crippen molar-refractivity contribution in [2.45, 2.75) is 12.8 Å². The second-order valence-electron chi connectivity index (χ2n) is 3.77. The van der Waals surface area contributed by atoms with Gasteiger partial charge in [0.05, 0.1) is 5.56 Å². The highest BCUT2D eigenvalue weighted by molar-refractivity contribution is 5.91. The summed E-state index contributed by atoms with van der Waals surface area (Å²) < 4.78 is 0. The third-order valence-corrected chi connectivity index (χ3v) is 2.64. The highest BCUT2D eigenvalue weighted by Gasteiger charge is 2.17. The van der Waals surface area contributed by atoms with Gasteiger partial charge in [-0.25, -0.2) is 4.79 Å². The number of fused-ring (bicyclic) bond motifs is 1. The lowest BCUT2D eigenvalue weighted by Crippen LogP contribution is -2.11. The zero-order chi connectivity index (χ0) is 12.1. The van der Waals surface area contributed by atoms with Crippen LogP contribution in [0, 0.1) is 0 Å². The van der Waals surface area contributed by atoms with Crippen LogP contribution in [-0.2, 0) is 22.6 Å². The summed E-state index contributed by atoms with van der Waals surface area (Å²) in [6.45, 7) is 3.67. The van der Waals surface area contributed by atoms with Crippen LogP contribution in [-0.4, -0.2) is 12.6 Å². The van der Waals surface area contributed by atoms with Crippen LogP contribution >= 0.6 is 0 Å². The van der Waals surface area contributed by atoms with Crippen LogP contribution in [0.25, 0.3) is 0 Å². The molecule has 3 heteroatoms. The van der Waals surface area contributed by atoms with Crippen LogP contribution in [0.1, 0.15) is 21.5 Å². The Hall–Kier alpha value is -1.87. The lowest BCUT2D eigenvalue weighted by Gasteiger charge is -2.14. The molecule has 0 radical (unpaired) electrons. The van der Waals surface area contributed by atoms with E-state index in [0.29, 0.717) is 5.56 Å². The van der Waals surface area contributed by atoms with Gasteiger partial charge >= 0.3 is 5.97 Å². The van der Waals surface area contributed by atoms with Gasteiger partial charge < -0.3 is 0 Å². The molecule has 88 valence electrons. The zero-order valence-corrected chi connectivity index (χ0v) is 9.52. The second-order valence-corrected chi connectivity index (χ2v) is 3.77. The number of carbonyl (C=O) groups excluding carboxylic acids is 1. The third-order valence-electron chi connectivity index (χ3n) is 2.64. The average Bonchev–Trinajstić information content (AvgIpc) is 2.38. The quantitative estimate of drug-likeness (QED) is 0.345. The molecule has 0 saturated carbocycles. The summed E-state index contributed by atoms with van der Waals surface area (Å²) in [6, 6.07) is 5.65. The van der Waals surface area contributed by atoms with Gasteiger partial charge in [-0.05, 0) is 30.0 Å². The van der Waals surface area contributed by atoms with E-state index in [0.717, 1.165) is 18.4 Å². The molecule has 0 saturated heterocycles. The van der Waals surface area contributed by atoms with E-state index < -0.39 is 5.97 Å². The molecular formula is C14H14O3. The highest BCUT2D eigenvalue weighted by Crippen LogP contribution is 2.21. The summed E-state index contributed by atoms with van der Waals surface area (Å²) in [5, 5.41) is 0. The van der Waals surface area contributed by atoms with E-state index in [1.54, 1.807) is 6.07 Å². The monoisotopic (exact) mass is 230 g/mol. The van der Waals surface area contributed by atoms with Crippen LogP contribution in [0.3, 0.4) is 0 Å². The molecule has 1 aliphatic carbocycles. The van der Waals surface area contributed by atoms with Gasteiger partial charge in [-0.3, -0.25) is 4.89 Å². The molecule has 0 heterocycles. The van der Waals surface area contributed by atoms with E-state index >= 15 is 0 Å². The van der Waals surface area contributed by atoms with Crippen molar-refractivity contribution < 1.29 is 14.6 Å². The van der Waals surface area contributed by atoms with Gasteiger partial charge in [-0.2, -0.15) is 4.89 Å². The molecule has 2 rings (SSSR count). The molecule has 0 bridgehead atoms. The molecule has 0 spiro atoms. The van der Waals surface area contributed by atoms with E-state index in [2.05, 4.69) is 18.7 Å². The Morgan fingerprint density at radius 2 is 2.18 bits per heavy atom. The van der Waals surface area contributed by atoms with Crippen molar-refractivity contribution in [1.29, 1.82) is 0 Å². The van der Waals surface area contributed by atoms with E-state index in [1.165, 1.54) is 11.6 Å². The van der Waals surface area contributed by atoms with E-state index in [9.17, 15) is 4.79 Å². The van der Waals surface area contributed by atoms with Gasteiger partial charge in [0.15, 0.2) is 0 Å². The standard InChI is InChI=1S/C14H14O3/c1-2-10-16-17-14(15)13-9-5-7-11-6-3-4-8-12(11)13/h2-5,7,9H,1,6,8,10H2. The van der Waals surface area contributed by atoms with Crippen LogP contribution in [0.4, 0.5) is 0 Å².